The number of nitrogens with zero attached hydrogens (tertiary/aromatic N) is 2. The van der Waals surface area contributed by atoms with Crippen molar-refractivity contribution in [3.05, 3.63) is 21.9 Å². The molecule has 4 nitrogen and oxygen atoms in total. The summed E-state index contributed by atoms with van der Waals surface area (Å²) in [7, 11) is 0. The van der Waals surface area contributed by atoms with Gasteiger partial charge in [0, 0.05) is 48.5 Å². The Bertz CT molecular complexity index is 541. The highest BCUT2D eigenvalue weighted by molar-refractivity contribution is 7.12. The van der Waals surface area contributed by atoms with Crippen LogP contribution in [0.3, 0.4) is 0 Å². The van der Waals surface area contributed by atoms with Crippen molar-refractivity contribution in [3.8, 4) is 0 Å². The molecular weight excluding hydrogens is 306 g/mol. The van der Waals surface area contributed by atoms with E-state index >= 15 is 0 Å². The molecule has 3 rings (SSSR count). The number of thiophene rings is 1. The van der Waals surface area contributed by atoms with Crippen LogP contribution in [0.1, 0.15) is 49.8 Å². The van der Waals surface area contributed by atoms with E-state index in [9.17, 15) is 4.79 Å². The van der Waals surface area contributed by atoms with Crippen molar-refractivity contribution >= 4 is 17.4 Å². The van der Waals surface area contributed by atoms with Crippen LogP contribution in [-0.2, 0) is 12.0 Å². The first-order chi connectivity index (χ1) is 10.9. The SMILES string of the molecule is CC(C)(C)c1ccc(CN2CCC(N3CCCNC3=O)CC2)s1. The van der Waals surface area contributed by atoms with Crippen LogP contribution in [0.25, 0.3) is 0 Å². The number of hydrogen-bond donors (Lipinski definition) is 1. The van der Waals surface area contributed by atoms with E-state index in [0.29, 0.717) is 6.04 Å². The quantitative estimate of drug-likeness (QED) is 0.918. The van der Waals surface area contributed by atoms with Gasteiger partial charge in [-0.1, -0.05) is 20.8 Å². The maximum atomic E-state index is 12.0. The average molecular weight is 336 g/mol. The van der Waals surface area contributed by atoms with E-state index in [4.69, 9.17) is 0 Å². The summed E-state index contributed by atoms with van der Waals surface area (Å²) in [5.41, 5.74) is 0.248. The summed E-state index contributed by atoms with van der Waals surface area (Å²) in [6.45, 7) is 11.8. The van der Waals surface area contributed by atoms with Crippen molar-refractivity contribution in [2.45, 2.75) is 58.0 Å². The molecule has 2 aliphatic rings. The highest BCUT2D eigenvalue weighted by atomic mass is 32.1. The van der Waals surface area contributed by atoms with Crippen LogP contribution >= 0.6 is 11.3 Å². The standard InChI is InChI=1S/C18H29N3OS/c1-18(2,3)16-6-5-15(23-16)13-20-11-7-14(8-12-20)21-10-4-9-19-17(21)22/h5-6,14H,4,7-13H2,1-3H3,(H,19,22). The topological polar surface area (TPSA) is 35.6 Å². The summed E-state index contributed by atoms with van der Waals surface area (Å²) < 4.78 is 0. The number of hydrogen-bond acceptors (Lipinski definition) is 3. The first-order valence-corrected chi connectivity index (χ1v) is 9.61. The summed E-state index contributed by atoms with van der Waals surface area (Å²) in [5.74, 6) is 0. The molecule has 2 saturated heterocycles. The zero-order chi connectivity index (χ0) is 16.4. The van der Waals surface area contributed by atoms with E-state index in [0.717, 1.165) is 52.0 Å². The van der Waals surface area contributed by atoms with Gasteiger partial charge in [-0.15, -0.1) is 11.3 Å². The van der Waals surface area contributed by atoms with Gasteiger partial charge in [0.25, 0.3) is 0 Å². The molecule has 3 heterocycles. The lowest BCUT2D eigenvalue weighted by molar-refractivity contribution is 0.109. The molecule has 0 aliphatic carbocycles. The molecule has 0 spiro atoms. The normalized spacial score (nSPS) is 21.5. The van der Waals surface area contributed by atoms with E-state index in [1.165, 1.54) is 9.75 Å². The van der Waals surface area contributed by atoms with Crippen LogP contribution in [0.5, 0.6) is 0 Å². The average Bonchev–Trinajstić information content (AvgIpc) is 2.97. The number of piperidine rings is 1. The third-order valence-electron chi connectivity index (χ3n) is 4.89. The molecule has 1 aromatic heterocycles. The molecule has 2 amide bonds. The maximum absolute atomic E-state index is 12.0. The van der Waals surface area contributed by atoms with E-state index < -0.39 is 0 Å². The Hall–Kier alpha value is -1.07. The maximum Gasteiger partial charge on any atom is 0.317 e. The van der Waals surface area contributed by atoms with Crippen LogP contribution < -0.4 is 5.32 Å². The van der Waals surface area contributed by atoms with Gasteiger partial charge in [0.1, 0.15) is 0 Å². The van der Waals surface area contributed by atoms with Gasteiger partial charge in [0.05, 0.1) is 0 Å². The molecule has 2 aliphatic heterocycles. The first kappa shape index (κ1) is 16.8. The molecule has 128 valence electrons. The van der Waals surface area contributed by atoms with Gasteiger partial charge in [0.15, 0.2) is 0 Å². The molecule has 0 saturated carbocycles. The second-order valence-corrected chi connectivity index (χ2v) is 8.97. The van der Waals surface area contributed by atoms with Crippen LogP contribution in [0.2, 0.25) is 0 Å². The molecule has 0 bridgehead atoms. The van der Waals surface area contributed by atoms with Crippen LogP contribution in [0.4, 0.5) is 4.79 Å². The number of urea groups is 1. The minimum absolute atomic E-state index is 0.141. The highest BCUT2D eigenvalue weighted by Crippen LogP contribution is 2.30. The largest absolute Gasteiger partial charge is 0.338 e. The van der Waals surface area contributed by atoms with E-state index in [1.807, 2.05) is 11.3 Å². The second-order valence-electron chi connectivity index (χ2n) is 7.80. The Balaban J connectivity index is 1.51. The van der Waals surface area contributed by atoms with Gasteiger partial charge in [0.2, 0.25) is 0 Å². The van der Waals surface area contributed by atoms with Crippen molar-refractivity contribution in [1.29, 1.82) is 0 Å². The Morgan fingerprint density at radius 3 is 2.57 bits per heavy atom. The molecule has 0 radical (unpaired) electrons. The number of amides is 2. The third kappa shape index (κ3) is 4.07. The molecule has 0 unspecified atom stereocenters. The lowest BCUT2D eigenvalue weighted by Crippen LogP contribution is -2.54. The number of nitrogens with one attached hydrogen (secondary N) is 1. The summed E-state index contributed by atoms with van der Waals surface area (Å²) in [4.78, 5) is 19.5. The Labute approximate surface area is 143 Å². The predicted molar refractivity (Wildman–Crippen MR) is 96.0 cm³/mol. The Kier molecular flexibility index (Phi) is 4.97. The monoisotopic (exact) mass is 335 g/mol. The Morgan fingerprint density at radius 1 is 1.22 bits per heavy atom. The summed E-state index contributed by atoms with van der Waals surface area (Å²) in [6.07, 6.45) is 3.28. The molecule has 0 atom stereocenters. The van der Waals surface area contributed by atoms with Gasteiger partial charge >= 0.3 is 6.03 Å². The van der Waals surface area contributed by atoms with Crippen molar-refractivity contribution in [2.24, 2.45) is 0 Å². The van der Waals surface area contributed by atoms with E-state index in [1.54, 1.807) is 0 Å². The fraction of sp³-hybridized carbons (Fsp3) is 0.722. The number of rotatable bonds is 3. The van der Waals surface area contributed by atoms with Crippen LogP contribution in [0.15, 0.2) is 12.1 Å². The fourth-order valence-corrected chi connectivity index (χ4v) is 4.58. The van der Waals surface area contributed by atoms with Crippen molar-refractivity contribution in [2.75, 3.05) is 26.2 Å². The van der Waals surface area contributed by atoms with Crippen molar-refractivity contribution in [1.82, 2.24) is 15.1 Å². The van der Waals surface area contributed by atoms with Crippen LogP contribution in [0, 0.1) is 0 Å². The second kappa shape index (κ2) is 6.81. The molecule has 1 aromatic rings. The summed E-state index contributed by atoms with van der Waals surface area (Å²) >= 11 is 1.95. The molecule has 23 heavy (non-hydrogen) atoms. The van der Waals surface area contributed by atoms with Crippen molar-refractivity contribution < 1.29 is 4.79 Å². The van der Waals surface area contributed by atoms with Crippen molar-refractivity contribution in [3.63, 3.8) is 0 Å². The number of carbonyl (C=O) groups is 1. The molecule has 5 heteroatoms. The zero-order valence-electron chi connectivity index (χ0n) is 14.6. The zero-order valence-corrected chi connectivity index (χ0v) is 15.4. The van der Waals surface area contributed by atoms with Gasteiger partial charge in [-0.05, 0) is 36.8 Å². The first-order valence-electron chi connectivity index (χ1n) is 8.79. The molecule has 0 aromatic carbocycles. The van der Waals surface area contributed by atoms with Gasteiger partial charge in [-0.2, -0.15) is 0 Å². The van der Waals surface area contributed by atoms with Crippen LogP contribution in [-0.4, -0.2) is 48.1 Å². The molecule has 1 N–H and O–H groups in total. The van der Waals surface area contributed by atoms with E-state index in [2.05, 4.69) is 48.0 Å². The Morgan fingerprint density at radius 2 is 1.96 bits per heavy atom. The van der Waals surface area contributed by atoms with E-state index in [-0.39, 0.29) is 11.4 Å². The van der Waals surface area contributed by atoms with Gasteiger partial charge in [-0.25, -0.2) is 4.79 Å². The van der Waals surface area contributed by atoms with Gasteiger partial charge in [-0.3, -0.25) is 4.90 Å². The minimum Gasteiger partial charge on any atom is -0.338 e. The fourth-order valence-electron chi connectivity index (χ4n) is 3.47. The highest BCUT2D eigenvalue weighted by Gasteiger charge is 2.29. The van der Waals surface area contributed by atoms with Gasteiger partial charge < -0.3 is 10.2 Å². The summed E-state index contributed by atoms with van der Waals surface area (Å²) in [5, 5.41) is 2.97. The predicted octanol–water partition coefficient (Wildman–Crippen LogP) is 3.43. The molecular formula is C18H29N3OS. The third-order valence-corrected chi connectivity index (χ3v) is 6.39. The molecule has 2 fully saturated rings. The minimum atomic E-state index is 0.141. The lowest BCUT2D eigenvalue weighted by Gasteiger charge is -2.40. The smallest absolute Gasteiger partial charge is 0.317 e. The number of carbonyl (C=O) groups excluding carboxylic acids is 1. The number of likely N-dealkylation sites (tertiary alicyclic amines) is 1. The summed E-state index contributed by atoms with van der Waals surface area (Å²) in [6, 6.07) is 5.14. The lowest BCUT2D eigenvalue weighted by atomic mass is 9.95.